The van der Waals surface area contributed by atoms with Gasteiger partial charge in [0.15, 0.2) is 0 Å². The van der Waals surface area contributed by atoms with Crippen LogP contribution in [0.15, 0.2) is 267 Å². The van der Waals surface area contributed by atoms with Crippen molar-refractivity contribution in [3.63, 3.8) is 0 Å². The highest BCUT2D eigenvalue weighted by molar-refractivity contribution is 6.04. The molecule has 0 amide bonds. The largest absolute Gasteiger partial charge is 0.344 e. The van der Waals surface area contributed by atoms with E-state index in [1.165, 1.54) is 155 Å². The summed E-state index contributed by atoms with van der Waals surface area (Å²) in [7, 11) is 8.86. The van der Waals surface area contributed by atoms with Crippen LogP contribution in [0.25, 0.3) is 64.6 Å². The summed E-state index contributed by atoms with van der Waals surface area (Å²) in [5, 5.41) is 15.8. The van der Waals surface area contributed by atoms with Crippen molar-refractivity contribution in [2.75, 3.05) is 47.8 Å². The van der Waals surface area contributed by atoms with Crippen LogP contribution < -0.4 is 19.6 Å². The van der Waals surface area contributed by atoms with Gasteiger partial charge in [-0.1, -0.05) is 329 Å². The first kappa shape index (κ1) is 69.6. The van der Waals surface area contributed by atoms with Gasteiger partial charge in [-0.25, -0.2) is 0 Å². The van der Waals surface area contributed by atoms with E-state index in [1.54, 1.807) is 0 Å². The molecule has 14 aromatic rings. The molecule has 4 aliphatic rings. The molecule has 524 valence electrons. The molecule has 104 heavy (non-hydrogen) atoms. The Labute approximate surface area is 619 Å². The number of fused-ring (bicyclic) bond motifs is 18. The summed E-state index contributed by atoms with van der Waals surface area (Å²) in [6.45, 7) is 38.3. The number of hydrogen-bond acceptors (Lipinski definition) is 4. The van der Waals surface area contributed by atoms with Crippen LogP contribution in [0.1, 0.15) is 155 Å². The second-order valence-corrected chi connectivity index (χ2v) is 34.4. The molecule has 4 aliphatic heterocycles. The Morgan fingerprint density at radius 3 is 0.827 bits per heavy atom. The fourth-order valence-corrected chi connectivity index (χ4v) is 18.4. The van der Waals surface area contributed by atoms with E-state index in [-0.39, 0.29) is 43.3 Å². The van der Waals surface area contributed by atoms with E-state index < -0.39 is 0 Å². The monoisotopic (exact) mass is 1360 g/mol. The third kappa shape index (κ3) is 10.4. The van der Waals surface area contributed by atoms with Gasteiger partial charge in [0.2, 0.25) is 0 Å². The molecule has 0 radical (unpaired) electrons. The first-order valence-electron chi connectivity index (χ1n) is 37.6. The number of benzene rings is 14. The number of anilines is 8. The number of rotatable bonds is 0. The van der Waals surface area contributed by atoms with Crippen LogP contribution in [0.2, 0.25) is 0 Å². The molecule has 4 heteroatoms. The van der Waals surface area contributed by atoms with E-state index in [0.717, 1.165) is 0 Å². The lowest BCUT2D eigenvalue weighted by molar-refractivity contribution is 0.307. The summed E-state index contributed by atoms with van der Waals surface area (Å²) in [4.78, 5) is 9.59. The zero-order chi connectivity index (χ0) is 73.6. The van der Waals surface area contributed by atoms with Gasteiger partial charge in [0.05, 0.1) is 11.4 Å². The molecular formula is C100H104N4. The molecule has 0 aromatic heterocycles. The molecule has 4 heterocycles. The van der Waals surface area contributed by atoms with E-state index in [1.807, 2.05) is 0 Å². The average Bonchev–Trinajstić information content (AvgIpc) is 1.58. The van der Waals surface area contributed by atoms with E-state index in [0.29, 0.717) is 0 Å². The second-order valence-electron chi connectivity index (χ2n) is 34.4. The van der Waals surface area contributed by atoms with Crippen LogP contribution in [-0.2, 0) is 43.3 Å². The van der Waals surface area contributed by atoms with Gasteiger partial charge in [0.25, 0.3) is 0 Å². The third-order valence-electron chi connectivity index (χ3n) is 27.5. The van der Waals surface area contributed by atoms with Gasteiger partial charge in [0.1, 0.15) is 0 Å². The maximum absolute atomic E-state index is 2.43. The van der Waals surface area contributed by atoms with Gasteiger partial charge >= 0.3 is 0 Å². The quantitative estimate of drug-likeness (QED) is 0.150. The molecule has 0 saturated carbocycles. The van der Waals surface area contributed by atoms with Crippen molar-refractivity contribution in [3.8, 4) is 0 Å². The lowest BCUT2D eigenvalue weighted by Gasteiger charge is -2.42. The number of hydrogen-bond donors (Lipinski definition) is 0. The minimum atomic E-state index is -0.0365. The predicted octanol–water partition coefficient (Wildman–Crippen LogP) is 27.0. The fraction of sp³-hybridized carbons (Fsp3) is 0.280. The smallest absolute Gasteiger partial charge is 0.0526 e. The summed E-state index contributed by atoms with van der Waals surface area (Å²) >= 11 is 0. The Morgan fingerprint density at radius 1 is 0.173 bits per heavy atom. The molecule has 0 spiro atoms. The van der Waals surface area contributed by atoms with Gasteiger partial charge in [-0.05, 0) is 147 Å². The molecule has 18 rings (SSSR count). The lowest BCUT2D eigenvalue weighted by atomic mass is 9.60. The molecule has 4 nitrogen and oxygen atoms in total. The highest BCUT2D eigenvalue weighted by Gasteiger charge is 2.50. The summed E-state index contributed by atoms with van der Waals surface area (Å²) < 4.78 is 0. The Bertz CT molecular complexity index is 5650. The average molecular weight is 1360 g/mol. The fourth-order valence-electron chi connectivity index (χ4n) is 18.4. The highest BCUT2D eigenvalue weighted by Crippen LogP contribution is 2.60. The molecule has 0 aliphatic carbocycles. The van der Waals surface area contributed by atoms with Gasteiger partial charge in [0, 0.05) is 116 Å². The topological polar surface area (TPSA) is 13.0 Å². The summed E-state index contributed by atoms with van der Waals surface area (Å²) in [5.41, 5.74) is 21.9. The lowest BCUT2D eigenvalue weighted by Crippen LogP contribution is -2.39. The van der Waals surface area contributed by atoms with Gasteiger partial charge in [-0.3, -0.25) is 0 Å². The van der Waals surface area contributed by atoms with Crippen molar-refractivity contribution < 1.29 is 0 Å². The van der Waals surface area contributed by atoms with Crippen LogP contribution in [0.3, 0.4) is 0 Å². The Morgan fingerprint density at radius 2 is 0.423 bits per heavy atom. The first-order valence-corrected chi connectivity index (χ1v) is 37.6. The van der Waals surface area contributed by atoms with Gasteiger partial charge in [-0.15, -0.1) is 0 Å². The number of nitrogens with zero attached hydrogens (tertiary/aromatic N) is 4. The molecule has 0 fully saturated rings. The Kier molecular flexibility index (Phi) is 16.6. The maximum atomic E-state index is 2.43. The first-order chi connectivity index (χ1) is 49.3. The van der Waals surface area contributed by atoms with Crippen molar-refractivity contribution in [1.82, 2.24) is 0 Å². The summed E-state index contributed by atoms with van der Waals surface area (Å²) in [6.07, 6.45) is 0. The third-order valence-corrected chi connectivity index (χ3v) is 27.5. The normalized spacial score (nSPS) is 17.6. The molecule has 0 unspecified atom stereocenters. The summed E-state index contributed by atoms with van der Waals surface area (Å²) in [6, 6.07) is 98.1. The molecule has 0 atom stereocenters. The Balaban J connectivity index is 0.000000112. The standard InChI is InChI=1S/2C27H27N.2C23H25N/c1-26(2)22-16-14-19-11-7-9-13-21(19)25(22)28(5)23-17-15-18-10-6-8-12-20(18)24(23)27(26,3)4;1-26(2)22-15-14-18-10-8-9-13-21(18)25(22)28(5)24-17-20-12-7-6-11-19(20)16-23(24)27(26,3)4;1-22(2)18-12-8-9-13-20(18)24(5)21-15-17-11-7-6-10-16(17)14-19(21)23(22,3)4;1-22(2)18-12-8-9-13-19(18)24(5)20-15-14-16-10-6-7-11-17(16)21(20)23(22,3)4/h2*6-17H,1-5H3;2*6-15H,1-5H3. The van der Waals surface area contributed by atoms with Crippen molar-refractivity contribution in [1.29, 1.82) is 0 Å². The minimum absolute atomic E-state index is 0.00403. The van der Waals surface area contributed by atoms with Gasteiger partial charge < -0.3 is 19.6 Å². The summed E-state index contributed by atoms with van der Waals surface area (Å²) in [5.74, 6) is 0. The number of para-hydroxylation sites is 2. The van der Waals surface area contributed by atoms with Crippen molar-refractivity contribution in [3.05, 3.63) is 311 Å². The molecular weight excluding hydrogens is 1260 g/mol. The van der Waals surface area contributed by atoms with Crippen LogP contribution in [0, 0.1) is 0 Å². The van der Waals surface area contributed by atoms with Crippen LogP contribution in [-0.4, -0.2) is 28.2 Å². The van der Waals surface area contributed by atoms with Crippen molar-refractivity contribution in [2.24, 2.45) is 0 Å². The van der Waals surface area contributed by atoms with E-state index in [2.05, 4.69) is 425 Å². The second kappa shape index (κ2) is 24.8. The zero-order valence-corrected chi connectivity index (χ0v) is 65.2. The van der Waals surface area contributed by atoms with E-state index in [4.69, 9.17) is 0 Å². The molecule has 0 bridgehead atoms. The Hall–Kier alpha value is -10.2. The zero-order valence-electron chi connectivity index (χ0n) is 65.2. The minimum Gasteiger partial charge on any atom is -0.344 e. The van der Waals surface area contributed by atoms with Crippen molar-refractivity contribution >= 4 is 110 Å². The highest BCUT2D eigenvalue weighted by atomic mass is 15.1. The van der Waals surface area contributed by atoms with Crippen LogP contribution in [0.5, 0.6) is 0 Å². The van der Waals surface area contributed by atoms with Crippen LogP contribution >= 0.6 is 0 Å². The maximum Gasteiger partial charge on any atom is 0.0526 e. The van der Waals surface area contributed by atoms with Crippen molar-refractivity contribution in [2.45, 2.75) is 154 Å². The molecule has 14 aromatic carbocycles. The van der Waals surface area contributed by atoms with E-state index >= 15 is 0 Å². The SMILES string of the molecule is CN1c2cc3ccccc3cc2C(C)(C)C(C)(C)c2ccc3ccccc3c21.CN1c2ccc3ccccc3c2C(C)(C)C(C)(C)c2ccc3ccccc3c21.CN1c2ccccc2C(C)(C)C(C)(C)c2c1ccc1ccccc21.CN1c2ccccc2C(C)(C)C(C)(C)c2cc3ccccc3cc21. The van der Waals surface area contributed by atoms with Crippen LogP contribution in [0.4, 0.5) is 45.5 Å². The van der Waals surface area contributed by atoms with Gasteiger partial charge in [-0.2, -0.15) is 0 Å². The molecule has 0 N–H and O–H groups in total. The predicted molar refractivity (Wildman–Crippen MR) is 453 cm³/mol. The van der Waals surface area contributed by atoms with E-state index in [9.17, 15) is 0 Å². The molecule has 0 saturated heterocycles.